The number of piperidine rings is 1. The van der Waals surface area contributed by atoms with Crippen molar-refractivity contribution in [3.8, 4) is 0 Å². The number of rotatable bonds is 0. The summed E-state index contributed by atoms with van der Waals surface area (Å²) in [6.45, 7) is 0. The third kappa shape index (κ3) is 1.72. The van der Waals surface area contributed by atoms with E-state index in [-0.39, 0.29) is 0 Å². The van der Waals surface area contributed by atoms with Crippen LogP contribution in [0.4, 0.5) is 0 Å². The summed E-state index contributed by atoms with van der Waals surface area (Å²) >= 11 is 2.39. The predicted molar refractivity (Wildman–Crippen MR) is 60.6 cm³/mol. The first-order valence-electron chi connectivity index (χ1n) is 5.11. The molecule has 0 radical (unpaired) electrons. The zero-order valence-corrected chi connectivity index (χ0v) is 10.2. The van der Waals surface area contributed by atoms with Gasteiger partial charge in [0.05, 0.1) is 4.05 Å². The minimum atomic E-state index is 0.366. The van der Waals surface area contributed by atoms with Crippen LogP contribution in [0.3, 0.4) is 0 Å². The van der Waals surface area contributed by atoms with Crippen molar-refractivity contribution < 1.29 is 4.79 Å². The number of halogens is 1. The van der Waals surface area contributed by atoms with Crippen molar-refractivity contribution in [3.63, 3.8) is 0 Å². The smallest absolute Gasteiger partial charge is 0.226 e. The molecular weight excluding hydrogens is 277 g/mol. The standard InChI is InChI=1S/C10H16INO/c1-12-9(11)6-7-4-2-3-5-8(7)10(12)13/h7-9H,2-6H2,1H3. The van der Waals surface area contributed by atoms with Gasteiger partial charge >= 0.3 is 0 Å². The van der Waals surface area contributed by atoms with Gasteiger partial charge in [-0.15, -0.1) is 0 Å². The summed E-state index contributed by atoms with van der Waals surface area (Å²) in [6, 6.07) is 0. The lowest BCUT2D eigenvalue weighted by atomic mass is 9.75. The molecule has 1 aliphatic carbocycles. The molecule has 3 heteroatoms. The Morgan fingerprint density at radius 2 is 2.08 bits per heavy atom. The summed E-state index contributed by atoms with van der Waals surface area (Å²) in [6.07, 6.45) is 6.22. The second-order valence-corrected chi connectivity index (χ2v) is 5.71. The molecule has 1 heterocycles. The minimum absolute atomic E-state index is 0.366. The number of likely N-dealkylation sites (tertiary alicyclic amines) is 1. The highest BCUT2D eigenvalue weighted by molar-refractivity contribution is 14.1. The number of fused-ring (bicyclic) bond motifs is 1. The van der Waals surface area contributed by atoms with Gasteiger partial charge < -0.3 is 4.90 Å². The summed E-state index contributed by atoms with van der Waals surface area (Å²) in [7, 11) is 1.95. The van der Waals surface area contributed by atoms with E-state index in [1.165, 1.54) is 25.7 Å². The molecule has 0 spiro atoms. The topological polar surface area (TPSA) is 20.3 Å². The van der Waals surface area contributed by atoms with Crippen LogP contribution in [0.5, 0.6) is 0 Å². The lowest BCUT2D eigenvalue weighted by Gasteiger charge is -2.41. The maximum absolute atomic E-state index is 11.9. The SMILES string of the molecule is CN1C(=O)C2CCCCC2CC1I. The molecule has 0 aromatic carbocycles. The maximum atomic E-state index is 11.9. The molecule has 0 bridgehead atoms. The number of carbonyl (C=O) groups excluding carboxylic acids is 1. The lowest BCUT2D eigenvalue weighted by molar-refractivity contribution is -0.141. The fraction of sp³-hybridized carbons (Fsp3) is 0.900. The summed E-state index contributed by atoms with van der Waals surface area (Å²) in [5, 5.41) is 0. The molecule has 13 heavy (non-hydrogen) atoms. The van der Waals surface area contributed by atoms with Gasteiger partial charge in [0.15, 0.2) is 0 Å². The fourth-order valence-corrected chi connectivity index (χ4v) is 3.55. The van der Waals surface area contributed by atoms with Crippen molar-refractivity contribution in [1.82, 2.24) is 4.90 Å². The van der Waals surface area contributed by atoms with Gasteiger partial charge in [0, 0.05) is 13.0 Å². The van der Waals surface area contributed by atoms with Crippen molar-refractivity contribution in [2.75, 3.05) is 7.05 Å². The Labute approximate surface area is 93.2 Å². The van der Waals surface area contributed by atoms with Crippen LogP contribution in [-0.4, -0.2) is 21.9 Å². The van der Waals surface area contributed by atoms with Gasteiger partial charge in [0.25, 0.3) is 0 Å². The average Bonchev–Trinajstić information content (AvgIpc) is 2.15. The quantitative estimate of drug-likeness (QED) is 0.381. The predicted octanol–water partition coefficient (Wildman–Crippen LogP) is 2.42. The molecule has 1 aliphatic heterocycles. The van der Waals surface area contributed by atoms with Crippen LogP contribution in [0, 0.1) is 11.8 Å². The lowest BCUT2D eigenvalue weighted by Crippen LogP contribution is -2.47. The Bertz CT molecular complexity index is 219. The van der Waals surface area contributed by atoms with E-state index in [1.54, 1.807) is 0 Å². The van der Waals surface area contributed by atoms with Gasteiger partial charge in [-0.2, -0.15) is 0 Å². The van der Waals surface area contributed by atoms with Gasteiger partial charge in [0.2, 0.25) is 5.91 Å². The second-order valence-electron chi connectivity index (χ2n) is 4.27. The van der Waals surface area contributed by atoms with Crippen LogP contribution >= 0.6 is 22.6 Å². The summed E-state index contributed by atoms with van der Waals surface area (Å²) in [5.41, 5.74) is 0. The van der Waals surface area contributed by atoms with Crippen molar-refractivity contribution >= 4 is 28.5 Å². The molecular formula is C10H16INO. The molecule has 0 N–H and O–H groups in total. The number of alkyl halides is 1. The monoisotopic (exact) mass is 293 g/mol. The third-order valence-electron chi connectivity index (χ3n) is 3.49. The average molecular weight is 293 g/mol. The van der Waals surface area contributed by atoms with Crippen LogP contribution in [0.25, 0.3) is 0 Å². The first kappa shape index (κ1) is 9.74. The van der Waals surface area contributed by atoms with Gasteiger partial charge in [0.1, 0.15) is 0 Å². The fourth-order valence-electron chi connectivity index (χ4n) is 2.62. The molecule has 2 fully saturated rings. The molecule has 2 rings (SSSR count). The Balaban J connectivity index is 2.12. The summed E-state index contributed by atoms with van der Waals surface area (Å²) < 4.78 is 0.435. The van der Waals surface area contributed by atoms with Crippen molar-refractivity contribution in [2.45, 2.75) is 36.2 Å². The molecule has 3 atom stereocenters. The number of hydrogen-bond acceptors (Lipinski definition) is 1. The van der Waals surface area contributed by atoms with E-state index in [2.05, 4.69) is 22.6 Å². The molecule has 2 nitrogen and oxygen atoms in total. The van der Waals surface area contributed by atoms with E-state index >= 15 is 0 Å². The van der Waals surface area contributed by atoms with Gasteiger partial charge in [-0.05, 0) is 25.2 Å². The second kappa shape index (κ2) is 3.75. The van der Waals surface area contributed by atoms with Crippen LogP contribution in [-0.2, 0) is 4.79 Å². The Morgan fingerprint density at radius 1 is 1.38 bits per heavy atom. The molecule has 3 unspecified atom stereocenters. The highest BCUT2D eigenvalue weighted by Crippen LogP contribution is 2.40. The largest absolute Gasteiger partial charge is 0.334 e. The van der Waals surface area contributed by atoms with E-state index in [4.69, 9.17) is 0 Å². The van der Waals surface area contributed by atoms with E-state index in [0.717, 1.165) is 6.42 Å². The number of carbonyl (C=O) groups is 1. The number of nitrogens with zero attached hydrogens (tertiary/aromatic N) is 1. The van der Waals surface area contributed by atoms with Gasteiger partial charge in [-0.1, -0.05) is 35.4 Å². The first-order chi connectivity index (χ1) is 6.20. The Morgan fingerprint density at radius 3 is 2.85 bits per heavy atom. The summed E-state index contributed by atoms with van der Waals surface area (Å²) in [4.78, 5) is 13.8. The number of amides is 1. The molecule has 74 valence electrons. The van der Waals surface area contributed by atoms with Crippen LogP contribution < -0.4 is 0 Å². The normalized spacial score (nSPS) is 40.3. The van der Waals surface area contributed by atoms with Gasteiger partial charge in [-0.25, -0.2) is 0 Å². The van der Waals surface area contributed by atoms with Crippen molar-refractivity contribution in [1.29, 1.82) is 0 Å². The molecule has 1 saturated carbocycles. The van der Waals surface area contributed by atoms with E-state index in [1.807, 2.05) is 11.9 Å². The van der Waals surface area contributed by atoms with Gasteiger partial charge in [-0.3, -0.25) is 4.79 Å². The maximum Gasteiger partial charge on any atom is 0.226 e. The first-order valence-corrected chi connectivity index (χ1v) is 6.35. The van der Waals surface area contributed by atoms with E-state index in [0.29, 0.717) is 21.8 Å². The molecule has 1 saturated heterocycles. The zero-order valence-electron chi connectivity index (χ0n) is 8.00. The van der Waals surface area contributed by atoms with E-state index < -0.39 is 0 Å². The highest BCUT2D eigenvalue weighted by atomic mass is 127. The zero-order chi connectivity index (χ0) is 9.42. The van der Waals surface area contributed by atoms with Crippen LogP contribution in [0.2, 0.25) is 0 Å². The Hall–Kier alpha value is 0.200. The van der Waals surface area contributed by atoms with Crippen molar-refractivity contribution in [3.05, 3.63) is 0 Å². The molecule has 0 aromatic rings. The highest BCUT2D eigenvalue weighted by Gasteiger charge is 2.39. The minimum Gasteiger partial charge on any atom is -0.334 e. The van der Waals surface area contributed by atoms with Crippen molar-refractivity contribution in [2.24, 2.45) is 11.8 Å². The van der Waals surface area contributed by atoms with Crippen LogP contribution in [0.1, 0.15) is 32.1 Å². The summed E-state index contributed by atoms with van der Waals surface area (Å²) in [5.74, 6) is 1.46. The molecule has 1 amide bonds. The van der Waals surface area contributed by atoms with Crippen LogP contribution in [0.15, 0.2) is 0 Å². The Kier molecular flexibility index (Phi) is 2.81. The van der Waals surface area contributed by atoms with E-state index in [9.17, 15) is 4.79 Å². The molecule has 2 aliphatic rings. The third-order valence-corrected chi connectivity index (χ3v) is 4.84. The number of hydrogen-bond donors (Lipinski definition) is 0. The molecule has 0 aromatic heterocycles.